The molecule has 2 amide bonds. The third-order valence-corrected chi connectivity index (χ3v) is 5.26. The van der Waals surface area contributed by atoms with Gasteiger partial charge in [-0.1, -0.05) is 0 Å². The summed E-state index contributed by atoms with van der Waals surface area (Å²) in [6.45, 7) is 6.17. The minimum Gasteiger partial charge on any atom is -0.444 e. The first-order valence-corrected chi connectivity index (χ1v) is 9.09. The highest BCUT2D eigenvalue weighted by Crippen LogP contribution is 2.42. The maximum atomic E-state index is 12.5. The predicted octanol–water partition coefficient (Wildman–Crippen LogP) is 3.15. The van der Waals surface area contributed by atoms with E-state index in [1.807, 2.05) is 37.6 Å². The smallest absolute Gasteiger partial charge is 0.410 e. The van der Waals surface area contributed by atoms with Crippen molar-refractivity contribution in [3.63, 3.8) is 0 Å². The molecule has 6 heteroatoms. The number of carbonyl (C=O) groups excluding carboxylic acids is 2. The number of amides is 2. The zero-order valence-corrected chi connectivity index (χ0v) is 14.7. The van der Waals surface area contributed by atoms with Crippen molar-refractivity contribution in [1.82, 2.24) is 10.2 Å². The number of nitrogens with zero attached hydrogens (tertiary/aromatic N) is 1. The monoisotopic (exact) mass is 336 g/mol. The molecule has 5 nitrogen and oxygen atoms in total. The summed E-state index contributed by atoms with van der Waals surface area (Å²) in [7, 11) is 0. The Morgan fingerprint density at radius 2 is 2.17 bits per heavy atom. The number of rotatable bonds is 3. The van der Waals surface area contributed by atoms with Crippen LogP contribution in [-0.4, -0.2) is 34.6 Å². The fraction of sp³-hybridized carbons (Fsp3) is 0.647. The average molecular weight is 336 g/mol. The van der Waals surface area contributed by atoms with E-state index >= 15 is 0 Å². The fourth-order valence-electron chi connectivity index (χ4n) is 3.58. The summed E-state index contributed by atoms with van der Waals surface area (Å²) in [6, 6.07) is 2.14. The number of hydrogen-bond acceptors (Lipinski definition) is 4. The van der Waals surface area contributed by atoms with Gasteiger partial charge in [-0.15, -0.1) is 0 Å². The van der Waals surface area contributed by atoms with Crippen molar-refractivity contribution >= 4 is 23.3 Å². The van der Waals surface area contributed by atoms with E-state index < -0.39 is 5.60 Å². The second kappa shape index (κ2) is 6.15. The lowest BCUT2D eigenvalue weighted by Gasteiger charge is -2.28. The number of nitrogens with one attached hydrogen (secondary N) is 1. The molecule has 1 aromatic heterocycles. The molecule has 2 saturated heterocycles. The fourth-order valence-corrected chi connectivity index (χ4v) is 4.25. The lowest BCUT2D eigenvalue weighted by Crippen LogP contribution is -2.43. The Bertz CT molecular complexity index is 579. The van der Waals surface area contributed by atoms with Crippen LogP contribution in [0.15, 0.2) is 16.8 Å². The minimum atomic E-state index is -0.504. The van der Waals surface area contributed by atoms with E-state index in [1.54, 1.807) is 16.2 Å². The van der Waals surface area contributed by atoms with Crippen LogP contribution in [0.5, 0.6) is 0 Å². The summed E-state index contributed by atoms with van der Waals surface area (Å²) >= 11 is 1.62. The van der Waals surface area contributed by atoms with Gasteiger partial charge in [0, 0.05) is 18.6 Å². The molecule has 23 heavy (non-hydrogen) atoms. The second-order valence-electron chi connectivity index (χ2n) is 7.38. The lowest BCUT2D eigenvalue weighted by molar-refractivity contribution is -0.126. The molecule has 3 heterocycles. The number of carbonyl (C=O) groups is 2. The van der Waals surface area contributed by atoms with E-state index in [-0.39, 0.29) is 30.0 Å². The van der Waals surface area contributed by atoms with Crippen LogP contribution in [0.3, 0.4) is 0 Å². The standard InChI is InChI=1S/C17H24N2O3S/c1-17(2,3)22-16(21)19-12-4-5-14(19)13(8-12)15(20)18-9-11-6-7-23-10-11/h6-7,10,12-14H,4-5,8-9H2,1-3H3,(H,18,20)/t12-,13+,14-/m0/s1. The van der Waals surface area contributed by atoms with Gasteiger partial charge in [0.05, 0.1) is 5.92 Å². The number of thiophene rings is 1. The number of hydrogen-bond donors (Lipinski definition) is 1. The molecule has 3 rings (SSSR count). The van der Waals surface area contributed by atoms with Gasteiger partial charge in [-0.2, -0.15) is 11.3 Å². The highest BCUT2D eigenvalue weighted by atomic mass is 32.1. The Balaban J connectivity index is 1.60. The summed E-state index contributed by atoms with van der Waals surface area (Å²) in [6.07, 6.45) is 2.33. The molecule has 2 bridgehead atoms. The third kappa shape index (κ3) is 3.52. The molecule has 0 spiro atoms. The Labute approximate surface area is 141 Å². The molecule has 0 aromatic carbocycles. The van der Waals surface area contributed by atoms with Crippen LogP contribution in [-0.2, 0) is 16.1 Å². The van der Waals surface area contributed by atoms with Gasteiger partial charge in [-0.25, -0.2) is 4.79 Å². The molecule has 2 aliphatic rings. The summed E-state index contributed by atoms with van der Waals surface area (Å²) in [5, 5.41) is 7.05. The highest BCUT2D eigenvalue weighted by Gasteiger charge is 2.52. The Hall–Kier alpha value is -1.56. The van der Waals surface area contributed by atoms with Gasteiger partial charge in [-0.05, 0) is 62.4 Å². The van der Waals surface area contributed by atoms with Gasteiger partial charge in [0.1, 0.15) is 5.60 Å². The van der Waals surface area contributed by atoms with Crippen molar-refractivity contribution in [1.29, 1.82) is 0 Å². The largest absolute Gasteiger partial charge is 0.444 e. The minimum absolute atomic E-state index is 0.0164. The highest BCUT2D eigenvalue weighted by molar-refractivity contribution is 7.07. The van der Waals surface area contributed by atoms with Crippen LogP contribution in [0.25, 0.3) is 0 Å². The van der Waals surface area contributed by atoms with E-state index in [1.165, 1.54) is 0 Å². The van der Waals surface area contributed by atoms with Crippen LogP contribution in [0.1, 0.15) is 45.6 Å². The molecule has 126 valence electrons. The predicted molar refractivity (Wildman–Crippen MR) is 89.2 cm³/mol. The van der Waals surface area contributed by atoms with Crippen LogP contribution in [0.2, 0.25) is 0 Å². The first-order valence-electron chi connectivity index (χ1n) is 8.15. The van der Waals surface area contributed by atoms with Gasteiger partial charge in [0.2, 0.25) is 5.91 Å². The maximum absolute atomic E-state index is 12.5. The molecule has 2 aliphatic heterocycles. The van der Waals surface area contributed by atoms with Gasteiger partial charge in [0.25, 0.3) is 0 Å². The second-order valence-corrected chi connectivity index (χ2v) is 8.16. The van der Waals surface area contributed by atoms with Gasteiger partial charge in [-0.3, -0.25) is 4.79 Å². The Kier molecular flexibility index (Phi) is 4.36. The molecule has 0 radical (unpaired) electrons. The van der Waals surface area contributed by atoms with E-state index in [0.29, 0.717) is 6.54 Å². The van der Waals surface area contributed by atoms with Gasteiger partial charge in [0.15, 0.2) is 0 Å². The SMILES string of the molecule is CC(C)(C)OC(=O)N1[C@H]2CC[C@H]1[C@H](C(=O)NCc1ccsc1)C2. The summed E-state index contributed by atoms with van der Waals surface area (Å²) in [5.41, 5.74) is 0.617. The number of ether oxygens (including phenoxy) is 1. The zero-order valence-electron chi connectivity index (χ0n) is 13.9. The maximum Gasteiger partial charge on any atom is 0.410 e. The molecular weight excluding hydrogens is 312 g/mol. The van der Waals surface area contributed by atoms with Crippen LogP contribution >= 0.6 is 11.3 Å². The summed E-state index contributed by atoms with van der Waals surface area (Å²) < 4.78 is 5.51. The van der Waals surface area contributed by atoms with E-state index in [4.69, 9.17) is 4.74 Å². The lowest BCUT2D eigenvalue weighted by atomic mass is 9.88. The normalized spacial score (nSPS) is 26.4. The van der Waals surface area contributed by atoms with Crippen molar-refractivity contribution in [2.45, 2.75) is 64.3 Å². The third-order valence-electron chi connectivity index (χ3n) is 4.52. The van der Waals surface area contributed by atoms with Gasteiger partial charge < -0.3 is 15.0 Å². The summed E-state index contributed by atoms with van der Waals surface area (Å²) in [4.78, 5) is 26.7. The molecule has 1 N–H and O–H groups in total. The van der Waals surface area contributed by atoms with Gasteiger partial charge >= 0.3 is 6.09 Å². The van der Waals surface area contributed by atoms with Crippen molar-refractivity contribution in [2.24, 2.45) is 5.92 Å². The molecule has 3 atom stereocenters. The topological polar surface area (TPSA) is 58.6 Å². The van der Waals surface area contributed by atoms with Crippen LogP contribution in [0, 0.1) is 5.92 Å². The average Bonchev–Trinajstić information content (AvgIpc) is 3.17. The first kappa shape index (κ1) is 16.3. The van der Waals surface area contributed by atoms with E-state index in [2.05, 4.69) is 5.32 Å². The quantitative estimate of drug-likeness (QED) is 0.922. The molecule has 0 saturated carbocycles. The molecule has 0 aliphatic carbocycles. The Morgan fingerprint density at radius 3 is 2.83 bits per heavy atom. The van der Waals surface area contributed by atoms with E-state index in [9.17, 15) is 9.59 Å². The molecular formula is C17H24N2O3S. The molecule has 2 fully saturated rings. The van der Waals surface area contributed by atoms with Crippen molar-refractivity contribution < 1.29 is 14.3 Å². The van der Waals surface area contributed by atoms with Crippen LogP contribution in [0.4, 0.5) is 4.79 Å². The van der Waals surface area contributed by atoms with Crippen molar-refractivity contribution in [2.75, 3.05) is 0 Å². The summed E-state index contributed by atoms with van der Waals surface area (Å²) in [5.74, 6) is -0.0585. The molecule has 1 aromatic rings. The van der Waals surface area contributed by atoms with Crippen LogP contribution < -0.4 is 5.32 Å². The van der Waals surface area contributed by atoms with Crippen molar-refractivity contribution in [3.8, 4) is 0 Å². The zero-order chi connectivity index (χ0) is 16.6. The first-order chi connectivity index (χ1) is 10.8. The molecule has 0 unspecified atom stereocenters. The number of fused-ring (bicyclic) bond motifs is 2. The van der Waals surface area contributed by atoms with Crippen molar-refractivity contribution in [3.05, 3.63) is 22.4 Å². The van der Waals surface area contributed by atoms with E-state index in [0.717, 1.165) is 24.8 Å². The Morgan fingerprint density at radius 1 is 1.39 bits per heavy atom.